The fourth-order valence-electron chi connectivity index (χ4n) is 1.90. The van der Waals surface area contributed by atoms with E-state index in [-0.39, 0.29) is 12.0 Å². The van der Waals surface area contributed by atoms with Crippen LogP contribution in [0.25, 0.3) is 0 Å². The number of hydrogen-bond acceptors (Lipinski definition) is 3. The second-order valence-corrected chi connectivity index (χ2v) is 4.10. The maximum atomic E-state index is 13.6. The molecule has 0 aliphatic heterocycles. The van der Waals surface area contributed by atoms with Gasteiger partial charge in [-0.3, -0.25) is 4.98 Å². The van der Waals surface area contributed by atoms with Crippen LogP contribution in [-0.4, -0.2) is 12.1 Å². The van der Waals surface area contributed by atoms with Gasteiger partial charge in [-0.25, -0.2) is 8.78 Å². The molecule has 2 aromatic rings. The number of benzene rings is 1. The van der Waals surface area contributed by atoms with E-state index in [1.165, 1.54) is 25.3 Å². The predicted molar refractivity (Wildman–Crippen MR) is 67.8 cm³/mol. The van der Waals surface area contributed by atoms with Crippen LogP contribution in [0.5, 0.6) is 5.75 Å². The summed E-state index contributed by atoms with van der Waals surface area (Å²) in [5, 5.41) is 0. The molecule has 19 heavy (non-hydrogen) atoms. The lowest BCUT2D eigenvalue weighted by molar-refractivity contribution is 0.401. The summed E-state index contributed by atoms with van der Waals surface area (Å²) in [6.45, 7) is 0. The summed E-state index contributed by atoms with van der Waals surface area (Å²) in [6, 6.07) is 6.52. The number of rotatable bonds is 4. The van der Waals surface area contributed by atoms with Gasteiger partial charge in [-0.05, 0) is 30.7 Å². The molecule has 0 bridgehead atoms. The first-order chi connectivity index (χ1) is 9.13. The van der Waals surface area contributed by atoms with E-state index in [9.17, 15) is 8.78 Å². The molecule has 1 aromatic carbocycles. The topological polar surface area (TPSA) is 48.1 Å². The number of halogens is 2. The van der Waals surface area contributed by atoms with E-state index >= 15 is 0 Å². The number of aromatic nitrogens is 1. The summed E-state index contributed by atoms with van der Waals surface area (Å²) in [5.41, 5.74) is 6.41. The maximum absolute atomic E-state index is 13.6. The SMILES string of the molecule is COc1cccnc1C(N)Cc1c(F)cccc1F. The number of methoxy groups -OCH3 is 1. The van der Waals surface area contributed by atoms with Crippen molar-refractivity contribution in [1.29, 1.82) is 0 Å². The zero-order valence-electron chi connectivity index (χ0n) is 10.4. The molecule has 0 spiro atoms. The van der Waals surface area contributed by atoms with Crippen LogP contribution in [0.1, 0.15) is 17.3 Å². The molecule has 0 amide bonds. The van der Waals surface area contributed by atoms with Crippen LogP contribution in [0.4, 0.5) is 8.78 Å². The van der Waals surface area contributed by atoms with Gasteiger partial charge in [-0.2, -0.15) is 0 Å². The van der Waals surface area contributed by atoms with Crippen molar-refractivity contribution in [2.45, 2.75) is 12.5 Å². The van der Waals surface area contributed by atoms with Crippen LogP contribution in [-0.2, 0) is 6.42 Å². The van der Waals surface area contributed by atoms with Gasteiger partial charge < -0.3 is 10.5 Å². The summed E-state index contributed by atoms with van der Waals surface area (Å²) in [7, 11) is 1.50. The molecule has 1 unspecified atom stereocenters. The van der Waals surface area contributed by atoms with Gasteiger partial charge in [0.1, 0.15) is 17.4 Å². The molecular formula is C14H14F2N2O. The summed E-state index contributed by atoms with van der Waals surface area (Å²) in [6.07, 6.45) is 1.58. The molecule has 1 heterocycles. The minimum Gasteiger partial charge on any atom is -0.495 e. The Bertz CT molecular complexity index is 555. The molecule has 3 nitrogen and oxygen atoms in total. The first-order valence-corrected chi connectivity index (χ1v) is 5.81. The van der Waals surface area contributed by atoms with Crippen LogP contribution < -0.4 is 10.5 Å². The first kappa shape index (κ1) is 13.4. The summed E-state index contributed by atoms with van der Waals surface area (Å²) in [5.74, 6) is -0.706. The monoisotopic (exact) mass is 264 g/mol. The van der Waals surface area contributed by atoms with Gasteiger partial charge in [0.25, 0.3) is 0 Å². The minimum atomic E-state index is -0.637. The molecule has 100 valence electrons. The van der Waals surface area contributed by atoms with Crippen molar-refractivity contribution in [3.8, 4) is 5.75 Å². The number of ether oxygens (including phenoxy) is 1. The van der Waals surface area contributed by atoms with E-state index in [0.29, 0.717) is 11.4 Å². The normalized spacial score (nSPS) is 12.2. The van der Waals surface area contributed by atoms with Crippen LogP contribution in [0, 0.1) is 11.6 Å². The Labute approximate surface area is 110 Å². The molecule has 0 fully saturated rings. The van der Waals surface area contributed by atoms with Gasteiger partial charge >= 0.3 is 0 Å². The molecule has 0 aliphatic rings. The van der Waals surface area contributed by atoms with Gasteiger partial charge in [0.15, 0.2) is 0 Å². The number of hydrogen-bond donors (Lipinski definition) is 1. The molecule has 0 saturated heterocycles. The van der Waals surface area contributed by atoms with E-state index in [0.717, 1.165) is 0 Å². The zero-order valence-corrected chi connectivity index (χ0v) is 10.4. The Morgan fingerprint density at radius 2 is 1.89 bits per heavy atom. The molecule has 2 rings (SSSR count). The Morgan fingerprint density at radius 1 is 1.21 bits per heavy atom. The van der Waals surface area contributed by atoms with Crippen LogP contribution >= 0.6 is 0 Å². The summed E-state index contributed by atoms with van der Waals surface area (Å²) >= 11 is 0. The lowest BCUT2D eigenvalue weighted by Gasteiger charge is -2.15. The molecule has 2 N–H and O–H groups in total. The van der Waals surface area contributed by atoms with Gasteiger partial charge in [-0.15, -0.1) is 0 Å². The highest BCUT2D eigenvalue weighted by Crippen LogP contribution is 2.25. The van der Waals surface area contributed by atoms with E-state index in [2.05, 4.69) is 4.98 Å². The molecule has 0 saturated carbocycles. The van der Waals surface area contributed by atoms with Gasteiger partial charge in [0, 0.05) is 11.8 Å². The van der Waals surface area contributed by atoms with Gasteiger partial charge in [-0.1, -0.05) is 6.07 Å². The van der Waals surface area contributed by atoms with E-state index < -0.39 is 17.7 Å². The van der Waals surface area contributed by atoms with E-state index in [1.54, 1.807) is 18.3 Å². The maximum Gasteiger partial charge on any atom is 0.141 e. The summed E-state index contributed by atoms with van der Waals surface area (Å²) < 4.78 is 32.3. The molecule has 1 aromatic heterocycles. The fraction of sp³-hybridized carbons (Fsp3) is 0.214. The van der Waals surface area contributed by atoms with Crippen molar-refractivity contribution < 1.29 is 13.5 Å². The second kappa shape index (κ2) is 5.75. The Hall–Kier alpha value is -2.01. The third kappa shape index (κ3) is 2.88. The molecule has 0 radical (unpaired) electrons. The number of nitrogens with zero attached hydrogens (tertiary/aromatic N) is 1. The standard InChI is InChI=1S/C14H14F2N2O/c1-19-13-6-3-7-18-14(13)12(17)8-9-10(15)4-2-5-11(9)16/h2-7,12H,8,17H2,1H3. The fourth-order valence-corrected chi connectivity index (χ4v) is 1.90. The molecule has 5 heteroatoms. The van der Waals surface area contributed by atoms with Crippen molar-refractivity contribution >= 4 is 0 Å². The van der Waals surface area contributed by atoms with Crippen LogP contribution in [0.15, 0.2) is 36.5 Å². The number of pyridine rings is 1. The smallest absolute Gasteiger partial charge is 0.141 e. The third-order valence-electron chi connectivity index (χ3n) is 2.86. The van der Waals surface area contributed by atoms with Crippen molar-refractivity contribution in [2.75, 3.05) is 7.11 Å². The van der Waals surface area contributed by atoms with E-state index in [1.807, 2.05) is 0 Å². The highest BCUT2D eigenvalue weighted by molar-refractivity contribution is 5.31. The van der Waals surface area contributed by atoms with Crippen molar-refractivity contribution in [2.24, 2.45) is 5.73 Å². The predicted octanol–water partition coefficient (Wildman–Crippen LogP) is 2.61. The average molecular weight is 264 g/mol. The zero-order chi connectivity index (χ0) is 13.8. The first-order valence-electron chi connectivity index (χ1n) is 5.81. The highest BCUT2D eigenvalue weighted by atomic mass is 19.1. The number of nitrogens with two attached hydrogens (primary N) is 1. The van der Waals surface area contributed by atoms with Gasteiger partial charge in [0.2, 0.25) is 0 Å². The molecule has 0 aliphatic carbocycles. The Balaban J connectivity index is 2.28. The van der Waals surface area contributed by atoms with Crippen molar-refractivity contribution in [1.82, 2.24) is 4.98 Å². The quantitative estimate of drug-likeness (QED) is 0.923. The summed E-state index contributed by atoms with van der Waals surface area (Å²) in [4.78, 5) is 4.11. The van der Waals surface area contributed by atoms with Crippen molar-refractivity contribution in [3.63, 3.8) is 0 Å². The van der Waals surface area contributed by atoms with Gasteiger partial charge in [0.05, 0.1) is 18.8 Å². The lowest BCUT2D eigenvalue weighted by atomic mass is 10.0. The van der Waals surface area contributed by atoms with Crippen LogP contribution in [0.3, 0.4) is 0 Å². The molecular weight excluding hydrogens is 250 g/mol. The highest BCUT2D eigenvalue weighted by Gasteiger charge is 2.18. The lowest BCUT2D eigenvalue weighted by Crippen LogP contribution is -2.17. The molecule has 1 atom stereocenters. The average Bonchev–Trinajstić information content (AvgIpc) is 2.42. The van der Waals surface area contributed by atoms with E-state index in [4.69, 9.17) is 10.5 Å². The third-order valence-corrected chi connectivity index (χ3v) is 2.86. The Morgan fingerprint density at radius 3 is 2.53 bits per heavy atom. The van der Waals surface area contributed by atoms with Crippen molar-refractivity contribution in [3.05, 3.63) is 59.4 Å². The second-order valence-electron chi connectivity index (χ2n) is 4.10. The van der Waals surface area contributed by atoms with Crippen LogP contribution in [0.2, 0.25) is 0 Å². The largest absolute Gasteiger partial charge is 0.495 e. The Kier molecular flexibility index (Phi) is 4.06. The minimum absolute atomic E-state index is 0.0197.